The summed E-state index contributed by atoms with van der Waals surface area (Å²) >= 11 is 0. The van der Waals surface area contributed by atoms with Crippen LogP contribution in [-0.4, -0.2) is 52.7 Å². The Hall–Kier alpha value is -1.33. The van der Waals surface area contributed by atoms with E-state index in [1.165, 1.54) is 0 Å². The van der Waals surface area contributed by atoms with Gasteiger partial charge in [-0.1, -0.05) is 27.2 Å². The third kappa shape index (κ3) is 5.81. The summed E-state index contributed by atoms with van der Waals surface area (Å²) in [7, 11) is 2.07. The molecule has 0 atom stereocenters. The van der Waals surface area contributed by atoms with Crippen LogP contribution in [-0.2, 0) is 13.1 Å². The molecule has 5 nitrogen and oxygen atoms in total. The highest BCUT2D eigenvalue weighted by Crippen LogP contribution is 2.09. The zero-order valence-corrected chi connectivity index (χ0v) is 14.5. The molecule has 1 heterocycles. The first kappa shape index (κ1) is 18.7. The standard InChI is InChI=1S/C17H31N3O2/c1-5-8-9-18(4)13-15-12-16(21)17(22)14-20(15)11-10-19(6-2)7-3/h12,14,22H,5-11,13H2,1-4H3. The van der Waals surface area contributed by atoms with Crippen LogP contribution in [0.5, 0.6) is 5.75 Å². The normalized spacial score (nSPS) is 11.5. The molecule has 1 aromatic rings. The molecule has 1 N–H and O–H groups in total. The van der Waals surface area contributed by atoms with Crippen molar-refractivity contribution in [2.45, 2.75) is 46.7 Å². The Balaban J connectivity index is 2.84. The number of rotatable bonds is 10. The summed E-state index contributed by atoms with van der Waals surface area (Å²) < 4.78 is 2.01. The van der Waals surface area contributed by atoms with Gasteiger partial charge in [-0.25, -0.2) is 0 Å². The lowest BCUT2D eigenvalue weighted by Gasteiger charge is -2.23. The second-order valence-corrected chi connectivity index (χ2v) is 5.83. The molecule has 0 aromatic carbocycles. The first-order chi connectivity index (χ1) is 10.5. The maximum absolute atomic E-state index is 11.7. The summed E-state index contributed by atoms with van der Waals surface area (Å²) in [4.78, 5) is 16.3. The number of pyridine rings is 1. The van der Waals surface area contributed by atoms with Crippen LogP contribution in [0.15, 0.2) is 17.1 Å². The van der Waals surface area contributed by atoms with Crippen LogP contribution in [0.25, 0.3) is 0 Å². The molecule has 0 spiro atoms. The van der Waals surface area contributed by atoms with E-state index < -0.39 is 0 Å². The Morgan fingerprint density at radius 2 is 1.86 bits per heavy atom. The van der Waals surface area contributed by atoms with E-state index in [0.29, 0.717) is 0 Å². The smallest absolute Gasteiger partial charge is 0.223 e. The van der Waals surface area contributed by atoms with Gasteiger partial charge in [-0.3, -0.25) is 4.79 Å². The van der Waals surface area contributed by atoms with Crippen LogP contribution in [0.2, 0.25) is 0 Å². The Labute approximate surface area is 134 Å². The molecule has 1 aromatic heterocycles. The van der Waals surface area contributed by atoms with Gasteiger partial charge in [0.25, 0.3) is 0 Å². The SMILES string of the molecule is CCCCN(C)Cc1cc(=O)c(O)cn1CCN(CC)CC. The Morgan fingerprint density at radius 3 is 2.45 bits per heavy atom. The van der Waals surface area contributed by atoms with E-state index in [0.717, 1.165) is 57.8 Å². The number of unbranched alkanes of at least 4 members (excludes halogenated alkanes) is 1. The molecule has 0 aliphatic heterocycles. The first-order valence-corrected chi connectivity index (χ1v) is 8.35. The van der Waals surface area contributed by atoms with Gasteiger partial charge in [0.1, 0.15) is 0 Å². The van der Waals surface area contributed by atoms with E-state index in [2.05, 4.69) is 37.6 Å². The van der Waals surface area contributed by atoms with Crippen molar-refractivity contribution in [3.8, 4) is 5.75 Å². The second-order valence-electron chi connectivity index (χ2n) is 5.83. The fraction of sp³-hybridized carbons (Fsp3) is 0.706. The van der Waals surface area contributed by atoms with E-state index in [4.69, 9.17) is 0 Å². The summed E-state index contributed by atoms with van der Waals surface area (Å²) in [6.07, 6.45) is 3.89. The second kappa shape index (κ2) is 9.64. The molecule has 5 heteroatoms. The lowest BCUT2D eigenvalue weighted by Crippen LogP contribution is -2.29. The van der Waals surface area contributed by atoms with Crippen molar-refractivity contribution in [2.24, 2.45) is 0 Å². The lowest BCUT2D eigenvalue weighted by molar-refractivity contribution is 0.278. The van der Waals surface area contributed by atoms with Crippen LogP contribution in [0.3, 0.4) is 0 Å². The Kier molecular flexibility index (Phi) is 8.20. The minimum absolute atomic E-state index is 0.167. The fourth-order valence-electron chi connectivity index (χ4n) is 2.52. The van der Waals surface area contributed by atoms with Gasteiger partial charge in [-0.05, 0) is 33.1 Å². The third-order valence-electron chi connectivity index (χ3n) is 4.07. The van der Waals surface area contributed by atoms with Gasteiger partial charge in [-0.2, -0.15) is 0 Å². The molecular weight excluding hydrogens is 278 g/mol. The quantitative estimate of drug-likeness (QED) is 0.719. The molecule has 0 aliphatic carbocycles. The van der Waals surface area contributed by atoms with Crippen molar-refractivity contribution >= 4 is 0 Å². The van der Waals surface area contributed by atoms with Crippen LogP contribution in [0, 0.1) is 0 Å². The molecule has 0 bridgehead atoms. The maximum Gasteiger partial charge on any atom is 0.223 e. The monoisotopic (exact) mass is 309 g/mol. The number of hydrogen-bond donors (Lipinski definition) is 1. The Morgan fingerprint density at radius 1 is 1.18 bits per heavy atom. The average molecular weight is 309 g/mol. The molecular formula is C17H31N3O2. The summed E-state index contributed by atoms with van der Waals surface area (Å²) in [5.41, 5.74) is 0.673. The Bertz CT molecular complexity index is 495. The van der Waals surface area contributed by atoms with Gasteiger partial charge in [0.05, 0.1) is 6.20 Å². The molecule has 0 unspecified atom stereocenters. The summed E-state index contributed by atoms with van der Waals surface area (Å²) in [6.45, 7) is 11.9. The van der Waals surface area contributed by atoms with Gasteiger partial charge in [-0.15, -0.1) is 0 Å². The molecule has 0 saturated heterocycles. The van der Waals surface area contributed by atoms with E-state index in [1.807, 2.05) is 4.57 Å². The van der Waals surface area contributed by atoms with Gasteiger partial charge in [0.2, 0.25) is 5.43 Å². The van der Waals surface area contributed by atoms with Crippen molar-refractivity contribution < 1.29 is 5.11 Å². The lowest BCUT2D eigenvalue weighted by atomic mass is 10.2. The highest BCUT2D eigenvalue weighted by Gasteiger charge is 2.09. The molecule has 0 amide bonds. The van der Waals surface area contributed by atoms with Gasteiger partial charge >= 0.3 is 0 Å². The van der Waals surface area contributed by atoms with Crippen LogP contribution in [0.1, 0.15) is 39.3 Å². The van der Waals surface area contributed by atoms with Crippen LogP contribution >= 0.6 is 0 Å². The first-order valence-electron chi connectivity index (χ1n) is 8.35. The number of aromatic nitrogens is 1. The van der Waals surface area contributed by atoms with Crippen molar-refractivity contribution in [2.75, 3.05) is 33.2 Å². The highest BCUT2D eigenvalue weighted by molar-refractivity contribution is 5.20. The van der Waals surface area contributed by atoms with E-state index >= 15 is 0 Å². The van der Waals surface area contributed by atoms with E-state index in [9.17, 15) is 9.90 Å². The predicted molar refractivity (Wildman–Crippen MR) is 91.4 cm³/mol. The summed E-state index contributed by atoms with van der Waals surface area (Å²) in [5.74, 6) is -0.167. The van der Waals surface area contributed by atoms with Gasteiger partial charge < -0.3 is 19.5 Å². The zero-order valence-electron chi connectivity index (χ0n) is 14.5. The van der Waals surface area contributed by atoms with Crippen molar-refractivity contribution in [1.29, 1.82) is 0 Å². The number of aromatic hydroxyl groups is 1. The third-order valence-corrected chi connectivity index (χ3v) is 4.07. The van der Waals surface area contributed by atoms with Gasteiger partial charge in [0, 0.05) is 31.4 Å². The van der Waals surface area contributed by atoms with Crippen molar-refractivity contribution in [1.82, 2.24) is 14.4 Å². The largest absolute Gasteiger partial charge is 0.503 e. The molecule has 0 fully saturated rings. The highest BCUT2D eigenvalue weighted by atomic mass is 16.3. The summed E-state index contributed by atoms with van der Waals surface area (Å²) in [5, 5.41) is 9.72. The molecule has 1 rings (SSSR count). The van der Waals surface area contributed by atoms with Crippen LogP contribution in [0.4, 0.5) is 0 Å². The minimum atomic E-state index is -0.294. The van der Waals surface area contributed by atoms with Crippen LogP contribution < -0.4 is 5.43 Å². The zero-order chi connectivity index (χ0) is 16.5. The van der Waals surface area contributed by atoms with Crippen molar-refractivity contribution in [3.05, 3.63) is 28.2 Å². The van der Waals surface area contributed by atoms with E-state index in [-0.39, 0.29) is 11.2 Å². The topological polar surface area (TPSA) is 48.7 Å². The number of nitrogens with zero attached hydrogens (tertiary/aromatic N) is 3. The number of hydrogen-bond acceptors (Lipinski definition) is 4. The molecule has 22 heavy (non-hydrogen) atoms. The minimum Gasteiger partial charge on any atom is -0.503 e. The summed E-state index contributed by atoms with van der Waals surface area (Å²) in [6, 6.07) is 1.57. The van der Waals surface area contributed by atoms with Crippen molar-refractivity contribution in [3.63, 3.8) is 0 Å². The number of likely N-dealkylation sites (N-methyl/N-ethyl adjacent to an activating group) is 1. The maximum atomic E-state index is 11.7. The molecule has 0 aliphatic rings. The van der Waals surface area contributed by atoms with Gasteiger partial charge in [0.15, 0.2) is 5.75 Å². The molecule has 0 saturated carbocycles. The molecule has 0 radical (unpaired) electrons. The average Bonchev–Trinajstić information content (AvgIpc) is 2.50. The molecule has 126 valence electrons. The van der Waals surface area contributed by atoms with E-state index in [1.54, 1.807) is 12.3 Å². The fourth-order valence-corrected chi connectivity index (χ4v) is 2.52. The predicted octanol–water partition coefficient (Wildman–Crippen LogP) is 2.13.